The Balaban J connectivity index is 0.00000289. The molecule has 2 N–H and O–H groups in total. The summed E-state index contributed by atoms with van der Waals surface area (Å²) in [6.45, 7) is 4.89. The minimum Gasteiger partial charge on any atom is -0.469 e. The highest BCUT2D eigenvalue weighted by Gasteiger charge is 2.29. The van der Waals surface area contributed by atoms with Crippen LogP contribution < -0.4 is 10.6 Å². The van der Waals surface area contributed by atoms with Crippen LogP contribution in [0.5, 0.6) is 0 Å². The normalized spacial score (nSPS) is 24.6. The van der Waals surface area contributed by atoms with E-state index in [0.717, 1.165) is 0 Å². The van der Waals surface area contributed by atoms with E-state index in [1.165, 1.54) is 7.11 Å². The molecule has 1 heterocycles. The molecular weight excluding hydrogens is 260 g/mol. The van der Waals surface area contributed by atoms with Crippen molar-refractivity contribution in [2.45, 2.75) is 38.5 Å². The fourth-order valence-electron chi connectivity index (χ4n) is 1.74. The van der Waals surface area contributed by atoms with E-state index in [9.17, 15) is 9.59 Å². The molecule has 6 nitrogen and oxygen atoms in total. The number of halogens is 1. The van der Waals surface area contributed by atoms with Crippen molar-refractivity contribution in [3.05, 3.63) is 0 Å². The molecule has 0 bridgehead atoms. The summed E-state index contributed by atoms with van der Waals surface area (Å²) in [7, 11) is 1.33. The Morgan fingerprint density at radius 2 is 2.22 bits per heavy atom. The topological polar surface area (TPSA) is 76.7 Å². The molecule has 1 fully saturated rings. The summed E-state index contributed by atoms with van der Waals surface area (Å²) in [6, 6.07) is -0.602. The predicted octanol–water partition coefficient (Wildman–Crippen LogP) is -0.147. The summed E-state index contributed by atoms with van der Waals surface area (Å²) < 4.78 is 9.92. The van der Waals surface area contributed by atoms with Gasteiger partial charge in [0.25, 0.3) is 0 Å². The molecule has 0 aromatic heterocycles. The van der Waals surface area contributed by atoms with Crippen molar-refractivity contribution < 1.29 is 19.1 Å². The van der Waals surface area contributed by atoms with E-state index in [1.54, 1.807) is 6.92 Å². The van der Waals surface area contributed by atoms with Crippen LogP contribution in [-0.2, 0) is 19.1 Å². The molecule has 0 radical (unpaired) electrons. The molecule has 1 saturated heterocycles. The van der Waals surface area contributed by atoms with Crippen LogP contribution in [0, 0.1) is 0 Å². The third kappa shape index (κ3) is 5.20. The minimum absolute atomic E-state index is 0. The molecule has 0 aromatic carbocycles. The zero-order chi connectivity index (χ0) is 12.8. The average molecular weight is 281 g/mol. The fraction of sp³-hybridized carbons (Fsp3) is 0.818. The highest BCUT2D eigenvalue weighted by molar-refractivity contribution is 5.85. The Hall–Kier alpha value is -0.850. The molecule has 1 unspecified atom stereocenters. The quantitative estimate of drug-likeness (QED) is 0.701. The minimum atomic E-state index is -0.358. The smallest absolute Gasteiger partial charge is 0.307 e. The molecule has 1 aliphatic rings. The molecule has 0 aromatic rings. The van der Waals surface area contributed by atoms with Gasteiger partial charge in [0.1, 0.15) is 6.04 Å². The van der Waals surface area contributed by atoms with Gasteiger partial charge < -0.3 is 20.1 Å². The van der Waals surface area contributed by atoms with Crippen LogP contribution >= 0.6 is 12.4 Å². The van der Waals surface area contributed by atoms with Gasteiger partial charge in [-0.1, -0.05) is 0 Å². The van der Waals surface area contributed by atoms with E-state index in [-0.39, 0.29) is 48.9 Å². The lowest BCUT2D eigenvalue weighted by Gasteiger charge is -2.30. The van der Waals surface area contributed by atoms with Gasteiger partial charge in [-0.3, -0.25) is 9.59 Å². The van der Waals surface area contributed by atoms with Crippen molar-refractivity contribution in [3.8, 4) is 0 Å². The number of nitrogens with one attached hydrogen (secondary N) is 2. The second kappa shape index (κ2) is 8.29. The summed E-state index contributed by atoms with van der Waals surface area (Å²) in [5.74, 6) is -0.479. The number of carbonyl (C=O) groups is 2. The number of methoxy groups -OCH3 is 1. The van der Waals surface area contributed by atoms with Crippen molar-refractivity contribution in [1.29, 1.82) is 0 Å². The van der Waals surface area contributed by atoms with Gasteiger partial charge in [-0.05, 0) is 13.8 Å². The van der Waals surface area contributed by atoms with Crippen LogP contribution in [0.3, 0.4) is 0 Å². The van der Waals surface area contributed by atoms with Gasteiger partial charge in [0, 0.05) is 12.6 Å². The lowest BCUT2D eigenvalue weighted by atomic mass is 10.1. The highest BCUT2D eigenvalue weighted by atomic mass is 35.5. The zero-order valence-electron chi connectivity index (χ0n) is 10.9. The SMILES string of the molecule is COC(=O)CC(C)NC(=O)[C@H]1NCCO[C@@H]1C.Cl. The molecule has 1 aliphatic heterocycles. The summed E-state index contributed by atoms with van der Waals surface area (Å²) in [6.07, 6.45) is 0.0126. The second-order valence-electron chi connectivity index (χ2n) is 4.20. The Bertz CT molecular complexity index is 288. The van der Waals surface area contributed by atoms with Crippen LogP contribution in [0.1, 0.15) is 20.3 Å². The van der Waals surface area contributed by atoms with E-state index >= 15 is 0 Å². The lowest BCUT2D eigenvalue weighted by molar-refractivity contribution is -0.141. The van der Waals surface area contributed by atoms with Gasteiger partial charge in [-0.2, -0.15) is 0 Å². The molecule has 7 heteroatoms. The maximum absolute atomic E-state index is 11.9. The first-order chi connectivity index (χ1) is 8.04. The molecule has 0 spiro atoms. The standard InChI is InChI=1S/C11H20N2O4.ClH/c1-7(6-9(14)16-3)13-11(15)10-8(2)17-5-4-12-10;/h7-8,10,12H,4-6H2,1-3H3,(H,13,15);1H/t7?,8-,10+;/m1./s1. The first-order valence-corrected chi connectivity index (χ1v) is 5.76. The van der Waals surface area contributed by atoms with Gasteiger partial charge in [-0.25, -0.2) is 0 Å². The number of esters is 1. The predicted molar refractivity (Wildman–Crippen MR) is 68.7 cm³/mol. The molecule has 1 amide bonds. The second-order valence-corrected chi connectivity index (χ2v) is 4.20. The van der Waals surface area contributed by atoms with Gasteiger partial charge in [0.15, 0.2) is 0 Å². The van der Waals surface area contributed by atoms with Crippen LogP contribution in [0.25, 0.3) is 0 Å². The van der Waals surface area contributed by atoms with Gasteiger partial charge in [0.05, 0.1) is 26.2 Å². The third-order valence-corrected chi connectivity index (χ3v) is 2.69. The van der Waals surface area contributed by atoms with Crippen molar-refractivity contribution in [3.63, 3.8) is 0 Å². The van der Waals surface area contributed by atoms with Crippen LogP contribution in [0.15, 0.2) is 0 Å². The van der Waals surface area contributed by atoms with Crippen LogP contribution in [0.4, 0.5) is 0 Å². The Labute approximate surface area is 113 Å². The zero-order valence-corrected chi connectivity index (χ0v) is 11.7. The summed E-state index contributed by atoms with van der Waals surface area (Å²) >= 11 is 0. The average Bonchev–Trinajstić information content (AvgIpc) is 2.29. The number of amides is 1. The Morgan fingerprint density at radius 3 is 2.78 bits per heavy atom. The number of rotatable bonds is 4. The molecule has 3 atom stereocenters. The number of ether oxygens (including phenoxy) is 2. The van der Waals surface area contributed by atoms with E-state index in [2.05, 4.69) is 15.4 Å². The lowest BCUT2D eigenvalue weighted by Crippen LogP contribution is -2.56. The summed E-state index contributed by atoms with van der Waals surface area (Å²) in [5, 5.41) is 5.85. The fourth-order valence-corrected chi connectivity index (χ4v) is 1.74. The molecule has 0 aliphatic carbocycles. The Kier molecular flexibility index (Phi) is 7.90. The van der Waals surface area contributed by atoms with Gasteiger partial charge >= 0.3 is 5.97 Å². The first kappa shape index (κ1) is 17.2. The highest BCUT2D eigenvalue weighted by Crippen LogP contribution is 2.05. The van der Waals surface area contributed by atoms with Gasteiger partial charge in [0.2, 0.25) is 5.91 Å². The summed E-state index contributed by atoms with van der Waals surface area (Å²) in [5.41, 5.74) is 0. The van der Waals surface area contributed by atoms with Crippen molar-refractivity contribution in [1.82, 2.24) is 10.6 Å². The monoisotopic (exact) mass is 280 g/mol. The Morgan fingerprint density at radius 1 is 1.56 bits per heavy atom. The molecule has 106 valence electrons. The maximum atomic E-state index is 11.9. The number of morpholine rings is 1. The van der Waals surface area contributed by atoms with Gasteiger partial charge in [-0.15, -0.1) is 12.4 Å². The maximum Gasteiger partial charge on any atom is 0.307 e. The number of hydrogen-bond acceptors (Lipinski definition) is 5. The van der Waals surface area contributed by atoms with E-state index in [0.29, 0.717) is 13.2 Å². The molecule has 1 rings (SSSR count). The first-order valence-electron chi connectivity index (χ1n) is 5.76. The summed E-state index contributed by atoms with van der Waals surface area (Å²) in [4.78, 5) is 22.9. The van der Waals surface area contributed by atoms with E-state index in [4.69, 9.17) is 4.74 Å². The van der Waals surface area contributed by atoms with Crippen molar-refractivity contribution >= 4 is 24.3 Å². The van der Waals surface area contributed by atoms with Crippen LogP contribution in [0.2, 0.25) is 0 Å². The molecular formula is C11H21ClN2O4. The number of carbonyl (C=O) groups excluding carboxylic acids is 2. The largest absolute Gasteiger partial charge is 0.469 e. The number of hydrogen-bond donors (Lipinski definition) is 2. The van der Waals surface area contributed by atoms with Crippen molar-refractivity contribution in [2.24, 2.45) is 0 Å². The van der Waals surface area contributed by atoms with E-state index in [1.807, 2.05) is 6.92 Å². The molecule has 18 heavy (non-hydrogen) atoms. The van der Waals surface area contributed by atoms with E-state index < -0.39 is 0 Å². The third-order valence-electron chi connectivity index (χ3n) is 2.69. The van der Waals surface area contributed by atoms with Crippen LogP contribution in [-0.4, -0.2) is 50.3 Å². The van der Waals surface area contributed by atoms with Crippen molar-refractivity contribution in [2.75, 3.05) is 20.3 Å². The molecule has 0 saturated carbocycles.